The lowest BCUT2D eigenvalue weighted by Gasteiger charge is -2.34. The molecule has 3 nitrogen and oxygen atoms in total. The van der Waals surface area contributed by atoms with Crippen molar-refractivity contribution < 1.29 is 4.42 Å². The molecule has 0 fully saturated rings. The van der Waals surface area contributed by atoms with Gasteiger partial charge in [-0.05, 0) is 90.0 Å². The molecule has 53 heavy (non-hydrogen) atoms. The van der Waals surface area contributed by atoms with Crippen LogP contribution in [-0.4, -0.2) is 0 Å². The van der Waals surface area contributed by atoms with Crippen LogP contribution < -0.4 is 9.80 Å². The minimum atomic E-state index is 0.888. The highest BCUT2D eigenvalue weighted by Crippen LogP contribution is 2.53. The highest BCUT2D eigenvalue weighted by molar-refractivity contribution is 7.99. The van der Waals surface area contributed by atoms with Gasteiger partial charge in [-0.25, -0.2) is 0 Å². The van der Waals surface area contributed by atoms with Crippen LogP contribution in [0.1, 0.15) is 0 Å². The minimum absolute atomic E-state index is 0.888. The monoisotopic (exact) mass is 714 g/mol. The number of thiophene rings is 1. The van der Waals surface area contributed by atoms with Gasteiger partial charge in [0, 0.05) is 69.6 Å². The summed E-state index contributed by atoms with van der Waals surface area (Å²) in [6, 6.07) is 65.6. The Balaban J connectivity index is 1.08. The Hall–Kier alpha value is -6.27. The maximum absolute atomic E-state index is 6.36. The quantitative estimate of drug-likeness (QED) is 0.177. The van der Waals surface area contributed by atoms with Crippen LogP contribution in [0.2, 0.25) is 0 Å². The van der Waals surface area contributed by atoms with Gasteiger partial charge < -0.3 is 14.2 Å². The molecule has 10 aromatic rings. The van der Waals surface area contributed by atoms with Gasteiger partial charge in [0.15, 0.2) is 0 Å². The summed E-state index contributed by atoms with van der Waals surface area (Å²) in [5.41, 5.74) is 10.9. The van der Waals surface area contributed by atoms with Gasteiger partial charge in [-0.1, -0.05) is 109 Å². The first kappa shape index (κ1) is 30.4. The highest BCUT2D eigenvalue weighted by atomic mass is 32.2. The van der Waals surface area contributed by atoms with Crippen molar-refractivity contribution in [3.8, 4) is 11.1 Å². The van der Waals surface area contributed by atoms with Crippen molar-refractivity contribution in [2.24, 2.45) is 0 Å². The van der Waals surface area contributed by atoms with Gasteiger partial charge in [0.05, 0.1) is 11.4 Å². The van der Waals surface area contributed by atoms with Crippen LogP contribution >= 0.6 is 23.1 Å². The second-order valence-corrected chi connectivity index (χ2v) is 15.5. The van der Waals surface area contributed by atoms with Crippen LogP contribution in [0.15, 0.2) is 196 Å². The summed E-state index contributed by atoms with van der Waals surface area (Å²) >= 11 is 3.68. The number of hydrogen-bond acceptors (Lipinski definition) is 5. The van der Waals surface area contributed by atoms with Gasteiger partial charge in [-0.3, -0.25) is 0 Å². The topological polar surface area (TPSA) is 19.6 Å². The third-order valence-corrected chi connectivity index (χ3v) is 12.5. The molecule has 0 N–H and O–H groups in total. The summed E-state index contributed by atoms with van der Waals surface area (Å²) < 4.78 is 8.95. The van der Waals surface area contributed by atoms with E-state index in [2.05, 4.69) is 180 Å². The molecule has 0 unspecified atom stereocenters. The van der Waals surface area contributed by atoms with E-state index in [1.54, 1.807) is 0 Å². The fraction of sp³-hybridized carbons (Fsp3) is 0. The average molecular weight is 715 g/mol. The molecule has 0 saturated heterocycles. The zero-order chi connectivity index (χ0) is 34.9. The molecule has 5 heteroatoms. The molecule has 1 aliphatic heterocycles. The second kappa shape index (κ2) is 12.2. The second-order valence-electron chi connectivity index (χ2n) is 13.4. The molecule has 0 bridgehead atoms. The van der Waals surface area contributed by atoms with Gasteiger partial charge in [-0.2, -0.15) is 0 Å². The molecule has 0 amide bonds. The molecule has 0 saturated carbocycles. The van der Waals surface area contributed by atoms with E-state index in [1.165, 1.54) is 41.1 Å². The van der Waals surface area contributed by atoms with E-state index in [0.717, 1.165) is 56.1 Å². The molecule has 11 rings (SSSR count). The summed E-state index contributed by atoms with van der Waals surface area (Å²) in [5, 5.41) is 4.87. The molecule has 0 atom stereocenters. The highest BCUT2D eigenvalue weighted by Gasteiger charge is 2.27. The van der Waals surface area contributed by atoms with Crippen molar-refractivity contribution in [2.75, 3.05) is 9.80 Å². The third kappa shape index (κ3) is 5.04. The molecule has 250 valence electrons. The van der Waals surface area contributed by atoms with Crippen molar-refractivity contribution in [1.82, 2.24) is 0 Å². The fourth-order valence-electron chi connectivity index (χ4n) is 7.77. The Morgan fingerprint density at radius 2 is 1.09 bits per heavy atom. The van der Waals surface area contributed by atoms with E-state index in [1.807, 2.05) is 35.2 Å². The lowest BCUT2D eigenvalue weighted by atomic mass is 10.0. The molecular formula is C48H30N2OS2. The normalized spacial score (nSPS) is 12.4. The molecule has 8 aromatic carbocycles. The predicted molar refractivity (Wildman–Crippen MR) is 226 cm³/mol. The minimum Gasteiger partial charge on any atom is -0.456 e. The number of furan rings is 1. The molecule has 0 radical (unpaired) electrons. The third-order valence-electron chi connectivity index (χ3n) is 10.2. The number of para-hydroxylation sites is 2. The maximum atomic E-state index is 6.36. The Kier molecular flexibility index (Phi) is 6.97. The van der Waals surface area contributed by atoms with E-state index >= 15 is 0 Å². The molecule has 0 aliphatic carbocycles. The Labute approximate surface area is 315 Å². The summed E-state index contributed by atoms with van der Waals surface area (Å²) in [5.74, 6) is 0. The van der Waals surface area contributed by atoms with E-state index in [-0.39, 0.29) is 0 Å². The fourth-order valence-corrected chi connectivity index (χ4v) is 10.0. The number of nitrogens with zero attached hydrogens (tertiary/aromatic N) is 2. The molecule has 3 heterocycles. The first-order valence-corrected chi connectivity index (χ1v) is 19.4. The van der Waals surface area contributed by atoms with Gasteiger partial charge in [0.2, 0.25) is 0 Å². The first-order chi connectivity index (χ1) is 26.2. The van der Waals surface area contributed by atoms with Crippen molar-refractivity contribution >= 4 is 99.3 Å². The van der Waals surface area contributed by atoms with E-state index in [4.69, 9.17) is 4.42 Å². The lowest BCUT2D eigenvalue weighted by molar-refractivity contribution is 0.669. The number of anilines is 6. The van der Waals surface area contributed by atoms with Crippen LogP contribution in [0, 0.1) is 0 Å². The summed E-state index contributed by atoms with van der Waals surface area (Å²) in [6.45, 7) is 0. The van der Waals surface area contributed by atoms with Crippen LogP contribution in [0.5, 0.6) is 0 Å². The van der Waals surface area contributed by atoms with Crippen LogP contribution in [0.25, 0.3) is 53.2 Å². The molecular weight excluding hydrogens is 685 g/mol. The zero-order valence-electron chi connectivity index (χ0n) is 28.4. The predicted octanol–water partition coefficient (Wildman–Crippen LogP) is 15.0. The number of rotatable bonds is 5. The van der Waals surface area contributed by atoms with Gasteiger partial charge in [-0.15, -0.1) is 11.3 Å². The van der Waals surface area contributed by atoms with Crippen molar-refractivity contribution in [2.45, 2.75) is 9.79 Å². The Bertz CT molecular complexity index is 3020. The largest absolute Gasteiger partial charge is 0.456 e. The lowest BCUT2D eigenvalue weighted by Crippen LogP contribution is -2.16. The van der Waals surface area contributed by atoms with Gasteiger partial charge >= 0.3 is 0 Å². The van der Waals surface area contributed by atoms with Crippen LogP contribution in [-0.2, 0) is 0 Å². The van der Waals surface area contributed by atoms with Gasteiger partial charge in [0.1, 0.15) is 11.2 Å². The van der Waals surface area contributed by atoms with Crippen LogP contribution in [0.4, 0.5) is 34.1 Å². The average Bonchev–Trinajstić information content (AvgIpc) is 3.78. The van der Waals surface area contributed by atoms with Crippen molar-refractivity contribution in [3.05, 3.63) is 182 Å². The summed E-state index contributed by atoms with van der Waals surface area (Å²) in [6.07, 6.45) is 0. The number of benzene rings is 8. The summed E-state index contributed by atoms with van der Waals surface area (Å²) in [4.78, 5) is 7.19. The van der Waals surface area contributed by atoms with Gasteiger partial charge in [0.25, 0.3) is 0 Å². The standard InChI is InChI=1S/C48H30N2OS2/c1-2-11-31(12-3-1)32-13-10-14-33(27-32)49(35-22-25-40-39-16-5-8-19-45(39)52-47(40)29-35)36-23-26-42-48(30-36)53-46-20-9-6-17-41(46)50(42)34-21-24-38-37-15-4-7-18-43(37)51-44(38)28-34/h1-30H. The van der Waals surface area contributed by atoms with Crippen molar-refractivity contribution in [3.63, 3.8) is 0 Å². The molecule has 1 aliphatic rings. The number of hydrogen-bond donors (Lipinski definition) is 0. The van der Waals surface area contributed by atoms with E-state index in [9.17, 15) is 0 Å². The van der Waals surface area contributed by atoms with E-state index in [0.29, 0.717) is 0 Å². The smallest absolute Gasteiger partial charge is 0.137 e. The molecule has 0 spiro atoms. The SMILES string of the molecule is c1ccc(-c2cccc(N(c3ccc4c(c3)Sc3ccccc3N4c3ccc4c(c3)oc3ccccc34)c3ccc4c(c3)sc3ccccc34)c2)cc1. The zero-order valence-corrected chi connectivity index (χ0v) is 30.1. The Morgan fingerprint density at radius 3 is 2.04 bits per heavy atom. The van der Waals surface area contributed by atoms with E-state index < -0.39 is 0 Å². The van der Waals surface area contributed by atoms with Crippen molar-refractivity contribution in [1.29, 1.82) is 0 Å². The van der Waals surface area contributed by atoms with Crippen LogP contribution in [0.3, 0.4) is 0 Å². The maximum Gasteiger partial charge on any atom is 0.137 e. The number of fused-ring (bicyclic) bond motifs is 8. The first-order valence-electron chi connectivity index (χ1n) is 17.7. The molecule has 2 aromatic heterocycles. The summed E-state index contributed by atoms with van der Waals surface area (Å²) in [7, 11) is 0. The Morgan fingerprint density at radius 1 is 0.415 bits per heavy atom.